The molecule has 0 bridgehead atoms. The van der Waals surface area contributed by atoms with Crippen molar-refractivity contribution in [2.24, 2.45) is 0 Å². The van der Waals surface area contributed by atoms with Crippen LogP contribution in [0.2, 0.25) is 0 Å². The second kappa shape index (κ2) is 6.53. The van der Waals surface area contributed by atoms with E-state index in [-0.39, 0.29) is 30.0 Å². The van der Waals surface area contributed by atoms with Crippen LogP contribution in [0.3, 0.4) is 0 Å². The monoisotopic (exact) mass is 312 g/mol. The van der Waals surface area contributed by atoms with Crippen molar-refractivity contribution in [1.82, 2.24) is 15.0 Å². The minimum atomic E-state index is -0.625. The van der Waals surface area contributed by atoms with Gasteiger partial charge in [0, 0.05) is 0 Å². The molecule has 0 saturated heterocycles. The van der Waals surface area contributed by atoms with Crippen molar-refractivity contribution in [3.63, 3.8) is 0 Å². The first-order valence-electron chi connectivity index (χ1n) is 6.06. The van der Waals surface area contributed by atoms with Crippen LogP contribution >= 0.6 is 11.6 Å². The number of alkyl halides is 1. The Kier molecular flexibility index (Phi) is 4.74. The van der Waals surface area contributed by atoms with Gasteiger partial charge in [-0.2, -0.15) is 9.97 Å². The average Bonchev–Trinajstić information content (AvgIpc) is 2.51. The smallest absolute Gasteiger partial charge is 0.322 e. The van der Waals surface area contributed by atoms with E-state index in [1.807, 2.05) is 0 Å². The van der Waals surface area contributed by atoms with Crippen LogP contribution in [-0.2, 0) is 6.42 Å². The van der Waals surface area contributed by atoms with Gasteiger partial charge in [0.2, 0.25) is 0 Å². The molecule has 0 aliphatic carbocycles. The van der Waals surface area contributed by atoms with E-state index in [0.717, 1.165) is 0 Å². The van der Waals surface area contributed by atoms with Crippen molar-refractivity contribution in [3.05, 3.63) is 35.4 Å². The van der Waals surface area contributed by atoms with E-state index >= 15 is 0 Å². The lowest BCUT2D eigenvalue weighted by molar-refractivity contribution is 0.336. The second-order valence-corrected chi connectivity index (χ2v) is 4.68. The van der Waals surface area contributed by atoms with Gasteiger partial charge in [0.25, 0.3) is 0 Å². The first-order valence-corrected chi connectivity index (χ1v) is 6.49. The normalized spacial score (nSPS) is 12.0. The van der Waals surface area contributed by atoms with E-state index in [4.69, 9.17) is 26.8 Å². The summed E-state index contributed by atoms with van der Waals surface area (Å²) in [6.45, 7) is 0. The van der Waals surface area contributed by atoms with Crippen LogP contribution in [0.5, 0.6) is 12.0 Å². The Bertz CT molecular complexity index is 619. The summed E-state index contributed by atoms with van der Waals surface area (Å²) in [6.07, 6.45) is 0.265. The van der Waals surface area contributed by atoms with Crippen molar-refractivity contribution in [1.29, 1.82) is 0 Å². The van der Waals surface area contributed by atoms with Gasteiger partial charge in [-0.1, -0.05) is 12.1 Å². The summed E-state index contributed by atoms with van der Waals surface area (Å²) in [5.41, 5.74) is 6.33. The summed E-state index contributed by atoms with van der Waals surface area (Å²) < 4.78 is 23.3. The van der Waals surface area contributed by atoms with Crippen molar-refractivity contribution in [2.75, 3.05) is 20.0 Å². The molecule has 2 rings (SSSR count). The van der Waals surface area contributed by atoms with Gasteiger partial charge in [-0.25, -0.2) is 4.39 Å². The summed E-state index contributed by atoms with van der Waals surface area (Å²) in [5, 5.41) is -0.625. The summed E-state index contributed by atoms with van der Waals surface area (Å²) in [5.74, 6) is -0.216. The third kappa shape index (κ3) is 3.49. The number of rotatable bonds is 5. The number of methoxy groups -OCH3 is 2. The molecule has 1 unspecified atom stereocenters. The van der Waals surface area contributed by atoms with Crippen molar-refractivity contribution in [2.45, 2.75) is 11.8 Å². The Morgan fingerprint density at radius 3 is 2.38 bits per heavy atom. The topological polar surface area (TPSA) is 83.2 Å². The first kappa shape index (κ1) is 15.2. The summed E-state index contributed by atoms with van der Waals surface area (Å²) in [6, 6.07) is 4.74. The third-order valence-electron chi connectivity index (χ3n) is 2.80. The molecule has 21 heavy (non-hydrogen) atoms. The maximum absolute atomic E-state index is 13.4. The summed E-state index contributed by atoms with van der Waals surface area (Å²) in [4.78, 5) is 12.0. The average molecular weight is 313 g/mol. The number of hydrogen-bond donors (Lipinski definition) is 1. The molecule has 2 aromatic rings. The Morgan fingerprint density at radius 1 is 1.19 bits per heavy atom. The summed E-state index contributed by atoms with van der Waals surface area (Å²) >= 11 is 6.28. The molecule has 8 heteroatoms. The van der Waals surface area contributed by atoms with Crippen LogP contribution in [0.4, 0.5) is 10.1 Å². The fraction of sp³-hybridized carbons (Fsp3) is 0.308. The van der Waals surface area contributed by atoms with Gasteiger partial charge in [-0.3, -0.25) is 0 Å². The summed E-state index contributed by atoms with van der Waals surface area (Å²) in [7, 11) is 2.85. The molecule has 0 fully saturated rings. The lowest BCUT2D eigenvalue weighted by Crippen LogP contribution is -2.08. The number of hydrogen-bond acceptors (Lipinski definition) is 6. The molecule has 112 valence electrons. The lowest BCUT2D eigenvalue weighted by Gasteiger charge is -2.12. The minimum absolute atomic E-state index is 0.0659. The largest absolute Gasteiger partial charge is 0.467 e. The Balaban J connectivity index is 2.27. The van der Waals surface area contributed by atoms with Crippen LogP contribution in [0.1, 0.15) is 16.8 Å². The SMILES string of the molecule is COc1nc(OC)nc(C(Cl)Cc2cccc(F)c2N)n1. The number of benzene rings is 1. The van der Waals surface area contributed by atoms with Gasteiger partial charge in [0.15, 0.2) is 5.82 Å². The fourth-order valence-corrected chi connectivity index (χ4v) is 1.98. The van der Waals surface area contributed by atoms with Crippen LogP contribution in [0.15, 0.2) is 18.2 Å². The predicted molar refractivity (Wildman–Crippen MR) is 76.0 cm³/mol. The van der Waals surface area contributed by atoms with E-state index in [0.29, 0.717) is 5.56 Å². The van der Waals surface area contributed by atoms with E-state index < -0.39 is 11.2 Å². The van der Waals surface area contributed by atoms with Crippen molar-refractivity contribution in [3.8, 4) is 12.0 Å². The standard InChI is InChI=1S/C13H14ClFN4O2/c1-20-12-17-11(18-13(19-12)21-2)8(14)6-7-4-3-5-9(15)10(7)16/h3-5,8H,6,16H2,1-2H3. The number of nitrogen functional groups attached to an aromatic ring is 1. The van der Waals surface area contributed by atoms with Crippen LogP contribution in [-0.4, -0.2) is 29.2 Å². The highest BCUT2D eigenvalue weighted by molar-refractivity contribution is 6.20. The van der Waals surface area contributed by atoms with E-state index in [2.05, 4.69) is 15.0 Å². The van der Waals surface area contributed by atoms with Crippen LogP contribution in [0, 0.1) is 5.82 Å². The highest BCUT2D eigenvalue weighted by Gasteiger charge is 2.18. The van der Waals surface area contributed by atoms with Gasteiger partial charge >= 0.3 is 12.0 Å². The van der Waals surface area contributed by atoms with Crippen LogP contribution in [0.25, 0.3) is 0 Å². The fourth-order valence-electron chi connectivity index (χ4n) is 1.72. The molecule has 1 atom stereocenters. The number of nitrogens with two attached hydrogens (primary N) is 1. The lowest BCUT2D eigenvalue weighted by atomic mass is 10.1. The molecule has 1 heterocycles. The zero-order valence-electron chi connectivity index (χ0n) is 11.5. The molecule has 6 nitrogen and oxygen atoms in total. The number of ether oxygens (including phenoxy) is 2. The first-order chi connectivity index (χ1) is 10.0. The van der Waals surface area contributed by atoms with Gasteiger partial charge < -0.3 is 15.2 Å². The number of halogens is 2. The van der Waals surface area contributed by atoms with E-state index in [1.165, 1.54) is 20.3 Å². The zero-order valence-corrected chi connectivity index (χ0v) is 12.3. The van der Waals surface area contributed by atoms with Crippen LogP contribution < -0.4 is 15.2 Å². The maximum atomic E-state index is 13.4. The van der Waals surface area contributed by atoms with Gasteiger partial charge in [-0.15, -0.1) is 16.6 Å². The molecular formula is C13H14ClFN4O2. The molecular weight excluding hydrogens is 299 g/mol. The second-order valence-electron chi connectivity index (χ2n) is 4.15. The molecule has 0 aliphatic heterocycles. The van der Waals surface area contributed by atoms with E-state index in [1.54, 1.807) is 12.1 Å². The molecule has 0 amide bonds. The predicted octanol–water partition coefficient (Wildman–Crippen LogP) is 2.13. The molecule has 1 aromatic heterocycles. The number of nitrogens with zero attached hydrogens (tertiary/aromatic N) is 3. The maximum Gasteiger partial charge on any atom is 0.322 e. The number of aromatic nitrogens is 3. The number of anilines is 1. The van der Waals surface area contributed by atoms with Gasteiger partial charge in [0.1, 0.15) is 5.82 Å². The Hall–Kier alpha value is -2.15. The minimum Gasteiger partial charge on any atom is -0.467 e. The Morgan fingerprint density at radius 2 is 1.81 bits per heavy atom. The molecule has 0 aliphatic rings. The van der Waals surface area contributed by atoms with E-state index in [9.17, 15) is 4.39 Å². The third-order valence-corrected chi connectivity index (χ3v) is 3.15. The molecule has 0 saturated carbocycles. The quantitative estimate of drug-likeness (QED) is 0.672. The molecule has 0 spiro atoms. The zero-order chi connectivity index (χ0) is 15.4. The van der Waals surface area contributed by atoms with Gasteiger partial charge in [-0.05, 0) is 18.1 Å². The van der Waals surface area contributed by atoms with Gasteiger partial charge in [0.05, 0.1) is 25.3 Å². The highest BCUT2D eigenvalue weighted by atomic mass is 35.5. The molecule has 1 aromatic carbocycles. The Labute approximate surface area is 126 Å². The van der Waals surface area contributed by atoms with Crippen molar-refractivity contribution < 1.29 is 13.9 Å². The molecule has 0 radical (unpaired) electrons. The highest BCUT2D eigenvalue weighted by Crippen LogP contribution is 2.27. The molecule has 2 N–H and O–H groups in total. The number of para-hydroxylation sites is 1. The van der Waals surface area contributed by atoms with Crippen molar-refractivity contribution >= 4 is 17.3 Å².